The molecule has 1 aliphatic heterocycles. The molecule has 3 heteroatoms. The van der Waals surface area contributed by atoms with Gasteiger partial charge in [-0.05, 0) is 72.3 Å². The van der Waals surface area contributed by atoms with Crippen LogP contribution in [0.15, 0.2) is 77.8 Å². The fourth-order valence-corrected chi connectivity index (χ4v) is 5.73. The molecule has 1 atom stereocenters. The first-order chi connectivity index (χ1) is 15.4. The van der Waals surface area contributed by atoms with Gasteiger partial charge in [-0.25, -0.2) is 0 Å². The lowest BCUT2D eigenvalue weighted by Crippen LogP contribution is -2.30. The Bertz CT molecular complexity index is 1220. The van der Waals surface area contributed by atoms with Crippen LogP contribution in [-0.2, 0) is 5.41 Å². The van der Waals surface area contributed by atoms with Crippen LogP contribution in [0.3, 0.4) is 0 Å². The van der Waals surface area contributed by atoms with Crippen LogP contribution in [-0.4, -0.2) is 30.4 Å². The third-order valence-corrected chi connectivity index (χ3v) is 7.03. The molecule has 3 aromatic carbocycles. The summed E-state index contributed by atoms with van der Waals surface area (Å²) in [4.78, 5) is 2.37. The number of halogens is 1. The van der Waals surface area contributed by atoms with Gasteiger partial charge >= 0.3 is 0 Å². The zero-order valence-corrected chi connectivity index (χ0v) is 21.1. The summed E-state index contributed by atoms with van der Waals surface area (Å²) < 4.78 is 3.36. The quantitative estimate of drug-likeness (QED) is 0.309. The van der Waals surface area contributed by atoms with Crippen LogP contribution < -0.4 is 4.90 Å². The van der Waals surface area contributed by atoms with Gasteiger partial charge in [-0.3, -0.25) is 0 Å². The van der Waals surface area contributed by atoms with Crippen molar-refractivity contribution < 1.29 is 4.58 Å². The maximum Gasteiger partial charge on any atom is 0.210 e. The van der Waals surface area contributed by atoms with Gasteiger partial charge in [0.2, 0.25) is 5.69 Å². The van der Waals surface area contributed by atoms with Crippen LogP contribution in [0, 0.1) is 0 Å². The molecule has 0 spiro atoms. The SMILES string of the molecule is C=C(Br)CC1(C)C(C=Cc2ccc(N(CC)CC)cc2)=[N+](C)c2ccc3ccccc3c21. The molecular formula is C29H32BrN2+. The zero-order valence-electron chi connectivity index (χ0n) is 19.5. The normalized spacial score (nSPS) is 17.9. The standard InChI is InChI=1S/C29H32BrN2/c1-6-32(7-2)24-16-12-22(13-17-24)14-19-27-29(4,20-21(3)30)28-25-11-9-8-10-23(25)15-18-26(28)31(27)5/h8-19H,3,6-7,20H2,1-2,4-5H3/q+1. The van der Waals surface area contributed by atoms with E-state index in [1.807, 2.05) is 0 Å². The second kappa shape index (κ2) is 9.07. The summed E-state index contributed by atoms with van der Waals surface area (Å²) in [5.41, 5.74) is 6.27. The van der Waals surface area contributed by atoms with E-state index in [9.17, 15) is 0 Å². The fourth-order valence-electron chi connectivity index (χ4n) is 5.17. The van der Waals surface area contributed by atoms with Gasteiger partial charge in [0, 0.05) is 36.5 Å². The highest BCUT2D eigenvalue weighted by Crippen LogP contribution is 2.47. The predicted molar refractivity (Wildman–Crippen MR) is 144 cm³/mol. The lowest BCUT2D eigenvalue weighted by molar-refractivity contribution is -0.401. The molecule has 0 radical (unpaired) electrons. The van der Waals surface area contributed by atoms with E-state index in [1.54, 1.807) is 0 Å². The van der Waals surface area contributed by atoms with Crippen molar-refractivity contribution in [2.45, 2.75) is 32.6 Å². The number of nitrogens with zero attached hydrogens (tertiary/aromatic N) is 2. The lowest BCUT2D eigenvalue weighted by atomic mass is 9.74. The Balaban J connectivity index is 1.76. The van der Waals surface area contributed by atoms with Gasteiger partial charge < -0.3 is 4.90 Å². The molecule has 1 heterocycles. The number of fused-ring (bicyclic) bond motifs is 3. The number of benzene rings is 3. The number of rotatable bonds is 7. The lowest BCUT2D eigenvalue weighted by Gasteiger charge is -2.23. The largest absolute Gasteiger partial charge is 0.372 e. The number of anilines is 1. The fraction of sp³-hybridized carbons (Fsp3) is 0.276. The summed E-state index contributed by atoms with van der Waals surface area (Å²) in [6, 6.07) is 22.0. The molecule has 1 aliphatic rings. The van der Waals surface area contributed by atoms with Gasteiger partial charge in [0.05, 0.1) is 5.41 Å². The Hall–Kier alpha value is -2.65. The van der Waals surface area contributed by atoms with Gasteiger partial charge in [0.25, 0.3) is 0 Å². The van der Waals surface area contributed by atoms with Gasteiger partial charge in [0.1, 0.15) is 7.05 Å². The zero-order chi connectivity index (χ0) is 22.9. The van der Waals surface area contributed by atoms with E-state index in [0.717, 1.165) is 24.0 Å². The summed E-state index contributed by atoms with van der Waals surface area (Å²) in [6.07, 6.45) is 5.37. The Morgan fingerprint density at radius 1 is 1.00 bits per heavy atom. The smallest absolute Gasteiger partial charge is 0.210 e. The number of allylic oxidation sites excluding steroid dienone is 2. The molecule has 1 unspecified atom stereocenters. The summed E-state index contributed by atoms with van der Waals surface area (Å²) in [7, 11) is 2.18. The minimum atomic E-state index is -0.164. The predicted octanol–water partition coefficient (Wildman–Crippen LogP) is 7.68. The first kappa shape index (κ1) is 22.5. The highest BCUT2D eigenvalue weighted by Gasteiger charge is 2.47. The maximum absolute atomic E-state index is 4.19. The minimum absolute atomic E-state index is 0.164. The Kier molecular flexibility index (Phi) is 6.39. The van der Waals surface area contributed by atoms with E-state index < -0.39 is 0 Å². The molecule has 0 saturated carbocycles. The second-order valence-electron chi connectivity index (χ2n) is 8.75. The Morgan fingerprint density at radius 2 is 1.69 bits per heavy atom. The molecule has 0 N–H and O–H groups in total. The number of hydrogen-bond donors (Lipinski definition) is 0. The van der Waals surface area contributed by atoms with Crippen LogP contribution in [0.2, 0.25) is 0 Å². The molecule has 0 aliphatic carbocycles. The molecule has 0 saturated heterocycles. The Morgan fingerprint density at radius 3 is 2.34 bits per heavy atom. The van der Waals surface area contributed by atoms with Crippen molar-refractivity contribution in [3.63, 3.8) is 0 Å². The summed E-state index contributed by atoms with van der Waals surface area (Å²) in [6.45, 7) is 13.0. The molecule has 3 aromatic rings. The highest BCUT2D eigenvalue weighted by atomic mass is 79.9. The van der Waals surface area contributed by atoms with Crippen molar-refractivity contribution in [3.8, 4) is 0 Å². The average Bonchev–Trinajstić information content (AvgIpc) is 3.00. The van der Waals surface area contributed by atoms with Crippen LogP contribution >= 0.6 is 15.9 Å². The van der Waals surface area contributed by atoms with Gasteiger partial charge in [-0.1, -0.05) is 58.9 Å². The van der Waals surface area contributed by atoms with E-state index in [4.69, 9.17) is 0 Å². The van der Waals surface area contributed by atoms with Crippen molar-refractivity contribution in [1.82, 2.24) is 0 Å². The van der Waals surface area contributed by atoms with E-state index in [-0.39, 0.29) is 5.41 Å². The van der Waals surface area contributed by atoms with Crippen LogP contribution in [0.5, 0.6) is 0 Å². The Labute approximate surface area is 200 Å². The van der Waals surface area contributed by atoms with Crippen molar-refractivity contribution in [2.75, 3.05) is 25.0 Å². The third kappa shape index (κ3) is 3.95. The molecule has 2 nitrogen and oxygen atoms in total. The van der Waals surface area contributed by atoms with E-state index in [1.165, 1.54) is 39.0 Å². The van der Waals surface area contributed by atoms with Crippen LogP contribution in [0.4, 0.5) is 11.4 Å². The highest BCUT2D eigenvalue weighted by molar-refractivity contribution is 9.11. The van der Waals surface area contributed by atoms with Crippen molar-refractivity contribution in [2.24, 2.45) is 0 Å². The first-order valence-corrected chi connectivity index (χ1v) is 12.2. The summed E-state index contributed by atoms with van der Waals surface area (Å²) in [5, 5.41) is 2.60. The molecular weight excluding hydrogens is 456 g/mol. The maximum atomic E-state index is 4.19. The average molecular weight is 488 g/mol. The van der Waals surface area contributed by atoms with Crippen molar-refractivity contribution >= 4 is 49.9 Å². The molecule has 0 amide bonds. The van der Waals surface area contributed by atoms with E-state index in [2.05, 4.69) is 133 Å². The van der Waals surface area contributed by atoms with E-state index in [0.29, 0.717) is 0 Å². The van der Waals surface area contributed by atoms with Gasteiger partial charge in [-0.15, -0.1) is 0 Å². The van der Waals surface area contributed by atoms with Crippen LogP contribution in [0.1, 0.15) is 38.3 Å². The third-order valence-electron chi connectivity index (χ3n) is 6.75. The van der Waals surface area contributed by atoms with Gasteiger partial charge in [0.15, 0.2) is 5.71 Å². The summed E-state index contributed by atoms with van der Waals surface area (Å²) >= 11 is 3.66. The monoisotopic (exact) mass is 487 g/mol. The molecule has 4 rings (SSSR count). The summed E-state index contributed by atoms with van der Waals surface area (Å²) in [5.74, 6) is 0. The first-order valence-electron chi connectivity index (χ1n) is 11.4. The molecule has 32 heavy (non-hydrogen) atoms. The number of hydrogen-bond acceptors (Lipinski definition) is 1. The molecule has 0 fully saturated rings. The van der Waals surface area contributed by atoms with E-state index >= 15 is 0 Å². The van der Waals surface area contributed by atoms with Crippen molar-refractivity contribution in [3.05, 3.63) is 88.9 Å². The minimum Gasteiger partial charge on any atom is -0.372 e. The molecule has 164 valence electrons. The van der Waals surface area contributed by atoms with Crippen LogP contribution in [0.25, 0.3) is 16.8 Å². The molecule has 0 aromatic heterocycles. The molecule has 0 bridgehead atoms. The topological polar surface area (TPSA) is 6.25 Å². The van der Waals surface area contributed by atoms with Crippen molar-refractivity contribution in [1.29, 1.82) is 0 Å². The second-order valence-corrected chi connectivity index (χ2v) is 9.87. The van der Waals surface area contributed by atoms with Gasteiger partial charge in [-0.2, -0.15) is 4.58 Å².